The molecule has 0 fully saturated rings. The summed E-state index contributed by atoms with van der Waals surface area (Å²) in [4.78, 5) is 0. The van der Waals surface area contributed by atoms with Gasteiger partial charge in [-0.25, -0.2) is 0 Å². The number of phenols is 1. The van der Waals surface area contributed by atoms with Crippen molar-refractivity contribution in [2.45, 2.75) is 11.6 Å². The predicted octanol–water partition coefficient (Wildman–Crippen LogP) is 2.67. The minimum Gasteiger partial charge on any atom is -0.508 e. The van der Waals surface area contributed by atoms with Gasteiger partial charge in [-0.05, 0) is 23.9 Å². The lowest BCUT2D eigenvalue weighted by Crippen LogP contribution is -2.25. The molecule has 100 valence electrons. The molecule has 7 heteroatoms. The van der Waals surface area contributed by atoms with Crippen LogP contribution in [0.1, 0.15) is 11.6 Å². The van der Waals surface area contributed by atoms with Crippen LogP contribution in [0, 0.1) is 0 Å². The van der Waals surface area contributed by atoms with E-state index in [1.807, 2.05) is 0 Å². The van der Waals surface area contributed by atoms with Crippen molar-refractivity contribution in [3.8, 4) is 11.5 Å². The molecule has 1 aliphatic heterocycles. The van der Waals surface area contributed by atoms with Crippen LogP contribution in [0.4, 0.5) is 13.2 Å². The van der Waals surface area contributed by atoms with Crippen molar-refractivity contribution < 1.29 is 23.0 Å². The third kappa shape index (κ3) is 3.46. The summed E-state index contributed by atoms with van der Waals surface area (Å²) < 4.78 is 41.1. The summed E-state index contributed by atoms with van der Waals surface area (Å²) in [5.41, 5.74) is -3.32. The van der Waals surface area contributed by atoms with Gasteiger partial charge in [-0.15, -0.1) is 0 Å². The Balaban J connectivity index is 1.83. The lowest BCUT2D eigenvalue weighted by atomic mass is 10.1. The highest BCUT2D eigenvalue weighted by Crippen LogP contribution is 2.35. The molecule has 1 aliphatic rings. The van der Waals surface area contributed by atoms with Crippen LogP contribution in [0.25, 0.3) is 0 Å². The number of rotatable bonds is 4. The molecular weight excluding hydrogens is 267 g/mol. The molecule has 0 aliphatic carbocycles. The van der Waals surface area contributed by atoms with Crippen molar-refractivity contribution in [2.75, 3.05) is 18.9 Å². The van der Waals surface area contributed by atoms with E-state index in [9.17, 15) is 18.3 Å². The van der Waals surface area contributed by atoms with E-state index in [0.717, 1.165) is 5.56 Å². The maximum absolute atomic E-state index is 11.9. The van der Waals surface area contributed by atoms with Crippen LogP contribution in [0.3, 0.4) is 0 Å². The monoisotopic (exact) mass is 279 g/mol. The lowest BCUT2D eigenvalue weighted by molar-refractivity contribution is -0.0327. The van der Waals surface area contributed by atoms with E-state index in [-0.39, 0.29) is 35.9 Å². The first-order valence-electron chi connectivity index (χ1n) is 5.35. The average molecular weight is 279 g/mol. The molecule has 2 rings (SSSR count). The summed E-state index contributed by atoms with van der Waals surface area (Å²) in [6.07, 6.45) is 0. The summed E-state index contributed by atoms with van der Waals surface area (Å²) >= 11 is -0.0426. The molecule has 1 aromatic rings. The number of hydrogen-bond donors (Lipinski definition) is 2. The van der Waals surface area contributed by atoms with Gasteiger partial charge in [0.1, 0.15) is 18.1 Å². The Hall–Kier alpha value is -1.08. The molecule has 0 bridgehead atoms. The zero-order chi connectivity index (χ0) is 13.2. The fourth-order valence-corrected chi connectivity index (χ4v) is 2.22. The number of benzene rings is 1. The van der Waals surface area contributed by atoms with Crippen molar-refractivity contribution in [3.05, 3.63) is 23.8 Å². The molecule has 1 atom stereocenters. The van der Waals surface area contributed by atoms with Crippen LogP contribution in [0.15, 0.2) is 18.2 Å². The predicted molar refractivity (Wildman–Crippen MR) is 62.9 cm³/mol. The molecule has 0 amide bonds. The number of halogens is 3. The second kappa shape index (κ2) is 5.27. The first kappa shape index (κ1) is 13.4. The minimum absolute atomic E-state index is 0.0343. The van der Waals surface area contributed by atoms with Gasteiger partial charge < -0.3 is 15.2 Å². The Labute approximate surface area is 106 Å². The van der Waals surface area contributed by atoms with Gasteiger partial charge in [0.05, 0.1) is 6.04 Å². The number of thioether (sulfide) groups is 1. The van der Waals surface area contributed by atoms with Crippen molar-refractivity contribution in [1.29, 1.82) is 0 Å². The third-order valence-corrected chi connectivity index (χ3v) is 3.27. The first-order valence-corrected chi connectivity index (χ1v) is 6.34. The molecule has 0 saturated heterocycles. The number of alkyl halides is 3. The maximum atomic E-state index is 11.9. The average Bonchev–Trinajstić information content (AvgIpc) is 2.65. The number of aromatic hydroxyl groups is 1. The Morgan fingerprint density at radius 1 is 1.44 bits per heavy atom. The van der Waals surface area contributed by atoms with Gasteiger partial charge in [0, 0.05) is 23.9 Å². The Kier molecular flexibility index (Phi) is 3.91. The smallest absolute Gasteiger partial charge is 0.441 e. The highest BCUT2D eigenvalue weighted by Gasteiger charge is 2.28. The fraction of sp³-hybridized carbons (Fsp3) is 0.455. The molecule has 18 heavy (non-hydrogen) atoms. The molecule has 1 aromatic carbocycles. The zero-order valence-electron chi connectivity index (χ0n) is 9.33. The van der Waals surface area contributed by atoms with Gasteiger partial charge in [-0.1, -0.05) is 0 Å². The Morgan fingerprint density at radius 3 is 2.94 bits per heavy atom. The van der Waals surface area contributed by atoms with Crippen molar-refractivity contribution in [3.63, 3.8) is 0 Å². The van der Waals surface area contributed by atoms with E-state index < -0.39 is 5.51 Å². The molecular formula is C11H12F3NO2S. The van der Waals surface area contributed by atoms with E-state index in [1.165, 1.54) is 12.1 Å². The van der Waals surface area contributed by atoms with Crippen LogP contribution in [-0.2, 0) is 0 Å². The van der Waals surface area contributed by atoms with Crippen LogP contribution in [0.2, 0.25) is 0 Å². The van der Waals surface area contributed by atoms with E-state index in [2.05, 4.69) is 5.32 Å². The molecule has 0 radical (unpaired) electrons. The Bertz CT molecular complexity index is 425. The van der Waals surface area contributed by atoms with Gasteiger partial charge in [0.25, 0.3) is 0 Å². The molecule has 1 unspecified atom stereocenters. The molecule has 0 saturated carbocycles. The molecule has 1 heterocycles. The summed E-state index contributed by atoms with van der Waals surface area (Å²) in [5, 5.41) is 12.3. The quantitative estimate of drug-likeness (QED) is 0.831. The lowest BCUT2D eigenvalue weighted by Gasteiger charge is -2.12. The number of phenolic OH excluding ortho intramolecular Hbond substituents is 1. The Morgan fingerprint density at radius 2 is 2.22 bits per heavy atom. The number of hydrogen-bond acceptors (Lipinski definition) is 4. The van der Waals surface area contributed by atoms with Gasteiger partial charge in [-0.3, -0.25) is 0 Å². The molecule has 2 N–H and O–H groups in total. The topological polar surface area (TPSA) is 41.5 Å². The summed E-state index contributed by atoms with van der Waals surface area (Å²) in [6, 6.07) is 4.63. The fourth-order valence-electron chi connectivity index (χ4n) is 1.77. The molecule has 0 aromatic heterocycles. The standard InChI is InChI=1S/C11H12F3NO2S/c12-11(13,14)18-4-3-15-9-6-17-10-5-7(16)1-2-8(9)10/h1-2,5,9,15-16H,3-4,6H2. The minimum atomic E-state index is -4.18. The van der Waals surface area contributed by atoms with Crippen LogP contribution < -0.4 is 10.1 Å². The normalized spacial score (nSPS) is 18.5. The summed E-state index contributed by atoms with van der Waals surface area (Å²) in [6.45, 7) is 0.619. The van der Waals surface area contributed by atoms with Crippen molar-refractivity contribution >= 4 is 11.8 Å². The van der Waals surface area contributed by atoms with Crippen LogP contribution in [-0.4, -0.2) is 29.5 Å². The number of nitrogens with one attached hydrogen (secondary N) is 1. The van der Waals surface area contributed by atoms with Gasteiger partial charge >= 0.3 is 5.51 Å². The highest BCUT2D eigenvalue weighted by atomic mass is 32.2. The van der Waals surface area contributed by atoms with E-state index >= 15 is 0 Å². The second-order valence-corrected chi connectivity index (χ2v) is 4.99. The van der Waals surface area contributed by atoms with Gasteiger partial charge in [0.2, 0.25) is 0 Å². The van der Waals surface area contributed by atoms with E-state index in [4.69, 9.17) is 4.74 Å². The zero-order valence-corrected chi connectivity index (χ0v) is 10.1. The number of ether oxygens (including phenoxy) is 1. The third-order valence-electron chi connectivity index (χ3n) is 2.54. The second-order valence-electron chi connectivity index (χ2n) is 3.83. The van der Waals surface area contributed by atoms with E-state index in [0.29, 0.717) is 12.4 Å². The van der Waals surface area contributed by atoms with E-state index in [1.54, 1.807) is 6.07 Å². The SMILES string of the molecule is Oc1ccc2c(c1)OCC2NCCSC(F)(F)F. The van der Waals surface area contributed by atoms with Crippen LogP contribution in [0.5, 0.6) is 11.5 Å². The molecule has 0 spiro atoms. The molecule has 3 nitrogen and oxygen atoms in total. The van der Waals surface area contributed by atoms with Crippen molar-refractivity contribution in [1.82, 2.24) is 5.32 Å². The largest absolute Gasteiger partial charge is 0.508 e. The highest BCUT2D eigenvalue weighted by molar-refractivity contribution is 8.00. The number of fused-ring (bicyclic) bond motifs is 1. The van der Waals surface area contributed by atoms with Gasteiger partial charge in [0.15, 0.2) is 0 Å². The summed E-state index contributed by atoms with van der Waals surface area (Å²) in [7, 11) is 0. The van der Waals surface area contributed by atoms with Crippen molar-refractivity contribution in [2.24, 2.45) is 0 Å². The van der Waals surface area contributed by atoms with Crippen LogP contribution >= 0.6 is 11.8 Å². The maximum Gasteiger partial charge on any atom is 0.441 e. The first-order chi connectivity index (χ1) is 8.46. The summed E-state index contributed by atoms with van der Waals surface area (Å²) in [5.74, 6) is 0.658. The van der Waals surface area contributed by atoms with Gasteiger partial charge in [-0.2, -0.15) is 13.2 Å².